The third-order valence-corrected chi connectivity index (χ3v) is 5.16. The van der Waals surface area contributed by atoms with Gasteiger partial charge in [0.15, 0.2) is 5.78 Å². The van der Waals surface area contributed by atoms with Gasteiger partial charge < -0.3 is 4.74 Å². The van der Waals surface area contributed by atoms with Crippen molar-refractivity contribution < 1.29 is 9.53 Å². The van der Waals surface area contributed by atoms with Crippen LogP contribution in [0, 0.1) is 23.2 Å². The fourth-order valence-electron chi connectivity index (χ4n) is 4.89. The van der Waals surface area contributed by atoms with Crippen LogP contribution in [0.1, 0.15) is 52.4 Å². The molecular formula is C16H24O2. The largest absolute Gasteiger partial charge is 0.493 e. The van der Waals surface area contributed by atoms with Crippen molar-refractivity contribution in [3.63, 3.8) is 0 Å². The summed E-state index contributed by atoms with van der Waals surface area (Å²) in [7, 11) is 0. The zero-order valence-electron chi connectivity index (χ0n) is 11.6. The molecule has 4 aliphatic rings. The number of carbonyl (C=O) groups excluding carboxylic acids is 1. The van der Waals surface area contributed by atoms with Crippen molar-refractivity contribution in [2.24, 2.45) is 23.2 Å². The molecule has 0 aromatic carbocycles. The zero-order valence-corrected chi connectivity index (χ0v) is 11.6. The highest BCUT2D eigenvalue weighted by molar-refractivity contribution is 5.86. The van der Waals surface area contributed by atoms with Crippen LogP contribution < -0.4 is 0 Å². The van der Waals surface area contributed by atoms with Gasteiger partial charge in [-0.3, -0.25) is 4.79 Å². The highest BCUT2D eigenvalue weighted by atomic mass is 16.5. The Balaban J connectivity index is 1.67. The first-order valence-corrected chi connectivity index (χ1v) is 7.36. The van der Waals surface area contributed by atoms with Crippen LogP contribution in [-0.4, -0.2) is 12.4 Å². The Kier molecular flexibility index (Phi) is 2.99. The third-order valence-electron chi connectivity index (χ3n) is 5.16. The molecule has 4 saturated carbocycles. The molecule has 0 N–H and O–H groups in total. The maximum absolute atomic E-state index is 12.5. The van der Waals surface area contributed by atoms with Gasteiger partial charge in [-0.15, -0.1) is 0 Å². The van der Waals surface area contributed by atoms with E-state index >= 15 is 0 Å². The van der Waals surface area contributed by atoms with Crippen LogP contribution in [-0.2, 0) is 9.53 Å². The number of ether oxygens (including phenoxy) is 1. The van der Waals surface area contributed by atoms with E-state index in [4.69, 9.17) is 4.74 Å². The smallest absolute Gasteiger partial charge is 0.176 e. The van der Waals surface area contributed by atoms with Gasteiger partial charge in [0.2, 0.25) is 0 Å². The van der Waals surface area contributed by atoms with E-state index in [1.54, 1.807) is 6.26 Å². The van der Waals surface area contributed by atoms with Crippen molar-refractivity contribution in [1.82, 2.24) is 0 Å². The second-order valence-electron chi connectivity index (χ2n) is 7.13. The van der Waals surface area contributed by atoms with Crippen molar-refractivity contribution in [2.45, 2.75) is 52.4 Å². The topological polar surface area (TPSA) is 26.3 Å². The fraction of sp³-hybridized carbons (Fsp3) is 0.812. The minimum Gasteiger partial charge on any atom is -0.493 e. The first-order chi connectivity index (χ1) is 8.57. The molecule has 0 unspecified atom stereocenters. The summed E-state index contributed by atoms with van der Waals surface area (Å²) in [5.74, 6) is 2.88. The molecule has 0 aromatic rings. The van der Waals surface area contributed by atoms with E-state index in [-0.39, 0.29) is 12.0 Å². The molecule has 0 spiro atoms. The number of hydrogen-bond acceptors (Lipinski definition) is 2. The molecule has 0 saturated heterocycles. The predicted molar refractivity (Wildman–Crippen MR) is 71.0 cm³/mol. The van der Waals surface area contributed by atoms with E-state index in [1.807, 2.05) is 13.8 Å². The Morgan fingerprint density at radius 3 is 2.06 bits per heavy atom. The van der Waals surface area contributed by atoms with Crippen LogP contribution in [0.5, 0.6) is 0 Å². The van der Waals surface area contributed by atoms with Crippen LogP contribution in [0.2, 0.25) is 0 Å². The molecule has 0 heterocycles. The number of Topliss-reactive ketones (excluding diaryl/α,β-unsaturated/α-hetero) is 1. The number of hydrogen-bond donors (Lipinski definition) is 0. The molecule has 2 nitrogen and oxygen atoms in total. The van der Waals surface area contributed by atoms with Gasteiger partial charge in [-0.25, -0.2) is 0 Å². The molecule has 4 rings (SSSR count). The molecule has 0 radical (unpaired) electrons. The Bertz CT molecular complexity index is 341. The molecule has 2 heteroatoms. The van der Waals surface area contributed by atoms with E-state index in [9.17, 15) is 4.79 Å². The van der Waals surface area contributed by atoms with Gasteiger partial charge in [0.1, 0.15) is 6.61 Å². The summed E-state index contributed by atoms with van der Waals surface area (Å²) in [6.07, 6.45) is 9.34. The fourth-order valence-corrected chi connectivity index (χ4v) is 4.89. The average Bonchev–Trinajstić information content (AvgIpc) is 2.26. The van der Waals surface area contributed by atoms with Crippen LogP contribution in [0.25, 0.3) is 0 Å². The first-order valence-electron chi connectivity index (χ1n) is 7.36. The Morgan fingerprint density at radius 2 is 1.61 bits per heavy atom. The van der Waals surface area contributed by atoms with Crippen LogP contribution in [0.4, 0.5) is 0 Å². The molecule has 0 aliphatic heterocycles. The van der Waals surface area contributed by atoms with E-state index in [2.05, 4.69) is 0 Å². The van der Waals surface area contributed by atoms with Gasteiger partial charge in [-0.1, -0.05) is 0 Å². The van der Waals surface area contributed by atoms with Gasteiger partial charge >= 0.3 is 0 Å². The lowest BCUT2D eigenvalue weighted by Gasteiger charge is -2.55. The second-order valence-corrected chi connectivity index (χ2v) is 7.13. The molecule has 0 atom stereocenters. The number of ketones is 1. The van der Waals surface area contributed by atoms with Crippen molar-refractivity contribution in [1.29, 1.82) is 0 Å². The highest BCUT2D eigenvalue weighted by Gasteiger charge is 2.54. The van der Waals surface area contributed by atoms with Crippen molar-refractivity contribution in [3.05, 3.63) is 11.8 Å². The van der Waals surface area contributed by atoms with E-state index in [1.165, 1.54) is 19.3 Å². The lowest BCUT2D eigenvalue weighted by Crippen LogP contribution is -2.50. The molecule has 0 amide bonds. The predicted octanol–water partition coefficient (Wildman–Crippen LogP) is 3.71. The third kappa shape index (κ3) is 2.10. The average molecular weight is 248 g/mol. The Morgan fingerprint density at radius 1 is 1.11 bits per heavy atom. The van der Waals surface area contributed by atoms with E-state index < -0.39 is 0 Å². The zero-order chi connectivity index (χ0) is 12.8. The van der Waals surface area contributed by atoms with E-state index in [0.717, 1.165) is 42.6 Å². The molecule has 0 aromatic heterocycles. The molecule has 4 aliphatic carbocycles. The minimum absolute atomic E-state index is 0.00420. The molecule has 100 valence electrons. The minimum atomic E-state index is 0.00420. The number of carbonyl (C=O) groups is 1. The first kappa shape index (κ1) is 12.3. The number of rotatable bonds is 4. The van der Waals surface area contributed by atoms with Crippen molar-refractivity contribution >= 4 is 5.78 Å². The summed E-state index contributed by atoms with van der Waals surface area (Å²) in [5, 5.41) is 0. The lowest BCUT2D eigenvalue weighted by atomic mass is 9.48. The van der Waals surface area contributed by atoms with Gasteiger partial charge in [0, 0.05) is 5.41 Å². The van der Waals surface area contributed by atoms with Gasteiger partial charge in [0.25, 0.3) is 0 Å². The molecular weight excluding hydrogens is 224 g/mol. The van der Waals surface area contributed by atoms with Crippen LogP contribution in [0.15, 0.2) is 11.8 Å². The summed E-state index contributed by atoms with van der Waals surface area (Å²) < 4.78 is 5.43. The van der Waals surface area contributed by atoms with Crippen LogP contribution in [0.3, 0.4) is 0 Å². The summed E-state index contributed by atoms with van der Waals surface area (Å²) in [6, 6.07) is 0. The van der Waals surface area contributed by atoms with E-state index in [0.29, 0.717) is 5.78 Å². The van der Waals surface area contributed by atoms with Crippen molar-refractivity contribution in [3.8, 4) is 0 Å². The normalized spacial score (nSPS) is 40.7. The maximum atomic E-state index is 12.5. The van der Waals surface area contributed by atoms with Crippen molar-refractivity contribution in [2.75, 3.05) is 6.61 Å². The Hall–Kier alpha value is -0.790. The standard InChI is InChI=1S/C16H24O2/c1-11(2)9-18-10-15(17)16-6-12-3-13(7-16)5-14(4-12)8-16/h9,12-14H,3-8,10H2,1-2H3. The second kappa shape index (κ2) is 4.40. The summed E-state index contributed by atoms with van der Waals surface area (Å²) >= 11 is 0. The van der Waals surface area contributed by atoms with Gasteiger partial charge in [0.05, 0.1) is 6.26 Å². The maximum Gasteiger partial charge on any atom is 0.176 e. The highest BCUT2D eigenvalue weighted by Crippen LogP contribution is 2.60. The summed E-state index contributed by atoms with van der Waals surface area (Å²) in [5.41, 5.74) is 1.12. The van der Waals surface area contributed by atoms with Gasteiger partial charge in [-0.2, -0.15) is 0 Å². The molecule has 4 fully saturated rings. The van der Waals surface area contributed by atoms with Gasteiger partial charge in [-0.05, 0) is 75.7 Å². The SMILES string of the molecule is CC(C)=COCC(=O)C12CC3CC(CC(C3)C1)C2. The summed E-state index contributed by atoms with van der Waals surface area (Å²) in [4.78, 5) is 12.5. The molecule has 18 heavy (non-hydrogen) atoms. The number of allylic oxidation sites excluding steroid dienone is 1. The lowest BCUT2D eigenvalue weighted by molar-refractivity contribution is -0.146. The Labute approximate surface area is 110 Å². The quantitative estimate of drug-likeness (QED) is 0.709. The molecule has 4 bridgehead atoms. The van der Waals surface area contributed by atoms with Crippen LogP contribution >= 0.6 is 0 Å². The monoisotopic (exact) mass is 248 g/mol. The summed E-state index contributed by atoms with van der Waals surface area (Å²) in [6.45, 7) is 4.28.